The molecule has 4 rings (SSSR count). The second-order valence-corrected chi connectivity index (χ2v) is 7.57. The van der Waals surface area contributed by atoms with Crippen molar-refractivity contribution in [3.63, 3.8) is 0 Å². The number of hydrogen-bond acceptors (Lipinski definition) is 4. The lowest BCUT2D eigenvalue weighted by atomic mass is 9.75. The van der Waals surface area contributed by atoms with Gasteiger partial charge in [-0.1, -0.05) is 34.2 Å². The van der Waals surface area contributed by atoms with Gasteiger partial charge in [0, 0.05) is 29.8 Å². The summed E-state index contributed by atoms with van der Waals surface area (Å²) >= 11 is 3.56. The number of carbonyl (C=O) groups excluding carboxylic acids is 1. The summed E-state index contributed by atoms with van der Waals surface area (Å²) in [5, 5.41) is 0. The number of fused-ring (bicyclic) bond motifs is 4. The van der Waals surface area contributed by atoms with E-state index in [1.54, 1.807) is 4.90 Å². The van der Waals surface area contributed by atoms with Crippen molar-refractivity contribution in [3.8, 4) is 5.75 Å². The first kappa shape index (κ1) is 19.3. The Morgan fingerprint density at radius 2 is 2.11 bits per heavy atom. The summed E-state index contributed by atoms with van der Waals surface area (Å²) in [5.74, 6) is -2.05. The Morgan fingerprint density at radius 1 is 1.32 bits per heavy atom. The monoisotopic (exact) mass is 453 g/mol. The fourth-order valence-electron chi connectivity index (χ4n) is 4.03. The van der Waals surface area contributed by atoms with Crippen molar-refractivity contribution >= 4 is 21.8 Å². The maximum absolute atomic E-state index is 14.1. The molecule has 1 aliphatic carbocycles. The number of amides is 1. The third-order valence-corrected chi connectivity index (χ3v) is 5.92. The highest BCUT2D eigenvalue weighted by Crippen LogP contribution is 2.53. The van der Waals surface area contributed by atoms with Gasteiger partial charge in [-0.3, -0.25) is 4.79 Å². The van der Waals surface area contributed by atoms with Gasteiger partial charge in [-0.25, -0.2) is 8.78 Å². The largest absolute Gasteiger partial charge is 0.491 e. The van der Waals surface area contributed by atoms with Crippen LogP contribution in [0.1, 0.15) is 5.56 Å². The highest BCUT2D eigenvalue weighted by molar-refractivity contribution is 9.11. The van der Waals surface area contributed by atoms with Gasteiger partial charge in [0.25, 0.3) is 0 Å². The molecular formula is C20H18BrF2NO4. The van der Waals surface area contributed by atoms with E-state index in [1.807, 2.05) is 24.3 Å². The molecule has 2 atom stereocenters. The Balaban J connectivity index is 1.82. The summed E-state index contributed by atoms with van der Waals surface area (Å²) < 4.78 is 44.4. The summed E-state index contributed by atoms with van der Waals surface area (Å²) in [4.78, 5) is 15.3. The van der Waals surface area contributed by atoms with Crippen molar-refractivity contribution in [1.82, 2.24) is 4.90 Å². The van der Waals surface area contributed by atoms with Crippen molar-refractivity contribution in [1.29, 1.82) is 0 Å². The van der Waals surface area contributed by atoms with Gasteiger partial charge in [0.05, 0.1) is 12.6 Å². The Morgan fingerprint density at radius 3 is 2.89 bits per heavy atom. The predicted molar refractivity (Wildman–Crippen MR) is 101 cm³/mol. The smallest absolute Gasteiger partial charge is 0.242 e. The third kappa shape index (κ3) is 2.82. The zero-order valence-electron chi connectivity index (χ0n) is 15.1. The first-order valence-corrected chi connectivity index (χ1v) is 9.55. The van der Waals surface area contributed by atoms with E-state index in [0.717, 1.165) is 22.2 Å². The van der Waals surface area contributed by atoms with E-state index in [1.165, 1.54) is 7.11 Å². The maximum atomic E-state index is 14.1. The number of hydrogen-bond donors (Lipinski definition) is 0. The molecule has 5 nitrogen and oxygen atoms in total. The van der Waals surface area contributed by atoms with Crippen LogP contribution in [0.3, 0.4) is 0 Å². The zero-order chi connectivity index (χ0) is 19.9. The van der Waals surface area contributed by atoms with Crippen LogP contribution in [0, 0.1) is 11.6 Å². The van der Waals surface area contributed by atoms with Crippen LogP contribution in [0.15, 0.2) is 46.5 Å². The number of likely N-dealkylation sites (tertiary alicyclic amines) is 1. The molecule has 0 radical (unpaired) electrons. The minimum atomic E-state index is -1.21. The summed E-state index contributed by atoms with van der Waals surface area (Å²) in [6.07, 6.45) is 7.45. The van der Waals surface area contributed by atoms with Crippen LogP contribution >= 0.6 is 15.9 Å². The quantitative estimate of drug-likeness (QED) is 0.507. The highest BCUT2D eigenvalue weighted by atomic mass is 79.9. The normalized spacial score (nSPS) is 25.4. The van der Waals surface area contributed by atoms with E-state index in [0.29, 0.717) is 12.1 Å². The number of carbonyl (C=O) groups is 1. The van der Waals surface area contributed by atoms with Crippen molar-refractivity contribution in [3.05, 3.63) is 63.7 Å². The van der Waals surface area contributed by atoms with Crippen molar-refractivity contribution in [2.45, 2.75) is 11.5 Å². The average molecular weight is 454 g/mol. The number of halogens is 3. The molecule has 2 heterocycles. The van der Waals surface area contributed by atoms with Gasteiger partial charge in [-0.2, -0.15) is 0 Å². The number of nitrogens with zero attached hydrogens (tertiary/aromatic N) is 1. The molecule has 2 unspecified atom stereocenters. The molecule has 0 bridgehead atoms. The molecule has 0 N–H and O–H groups in total. The number of methoxy groups -OCH3 is 1. The number of rotatable bonds is 5. The predicted octanol–water partition coefficient (Wildman–Crippen LogP) is 3.20. The summed E-state index contributed by atoms with van der Waals surface area (Å²) in [5.41, 5.74) is -0.121. The van der Waals surface area contributed by atoms with Crippen LogP contribution in [0.4, 0.5) is 8.78 Å². The van der Waals surface area contributed by atoms with Gasteiger partial charge < -0.3 is 19.1 Å². The number of ether oxygens (including phenoxy) is 3. The molecule has 1 saturated heterocycles. The molecule has 0 aromatic heterocycles. The van der Waals surface area contributed by atoms with Crippen molar-refractivity contribution in [2.24, 2.45) is 0 Å². The van der Waals surface area contributed by atoms with Crippen LogP contribution in [0.2, 0.25) is 0 Å². The van der Waals surface area contributed by atoms with Gasteiger partial charge in [-0.15, -0.1) is 0 Å². The molecule has 1 aromatic carbocycles. The van der Waals surface area contributed by atoms with Gasteiger partial charge >= 0.3 is 0 Å². The molecule has 148 valence electrons. The van der Waals surface area contributed by atoms with Gasteiger partial charge in [0.1, 0.15) is 24.6 Å². The van der Waals surface area contributed by atoms with Crippen LogP contribution in [-0.4, -0.2) is 50.5 Å². The van der Waals surface area contributed by atoms with E-state index < -0.39 is 17.0 Å². The fourth-order valence-corrected chi connectivity index (χ4v) is 4.76. The first-order valence-electron chi connectivity index (χ1n) is 8.76. The van der Waals surface area contributed by atoms with E-state index in [-0.39, 0.29) is 37.7 Å². The minimum absolute atomic E-state index is 0.0118. The lowest BCUT2D eigenvalue weighted by molar-refractivity contribution is -0.134. The molecule has 1 amide bonds. The third-order valence-electron chi connectivity index (χ3n) is 5.23. The molecular weight excluding hydrogens is 436 g/mol. The molecule has 1 aromatic rings. The summed E-state index contributed by atoms with van der Waals surface area (Å²) in [6.45, 7) is 0.714. The first-order chi connectivity index (χ1) is 13.5. The van der Waals surface area contributed by atoms with Crippen LogP contribution in [-0.2, 0) is 19.7 Å². The molecule has 1 spiro atoms. The van der Waals surface area contributed by atoms with Gasteiger partial charge in [-0.05, 0) is 17.7 Å². The van der Waals surface area contributed by atoms with E-state index >= 15 is 0 Å². The molecule has 1 fully saturated rings. The second kappa shape index (κ2) is 7.42. The minimum Gasteiger partial charge on any atom is -0.491 e. The molecule has 28 heavy (non-hydrogen) atoms. The SMILES string of the molecule is COCOCCN1C(=O)C2(COc3cc(F)c(F)cc32)C2=C(Br)C=CC=CC21. The Hall–Kier alpha value is -2.03. The summed E-state index contributed by atoms with van der Waals surface area (Å²) in [6, 6.07) is 1.72. The van der Waals surface area contributed by atoms with Gasteiger partial charge in [0.2, 0.25) is 5.91 Å². The molecule has 0 saturated carbocycles. The number of benzene rings is 1. The van der Waals surface area contributed by atoms with Gasteiger partial charge in [0.15, 0.2) is 11.6 Å². The van der Waals surface area contributed by atoms with E-state index in [4.69, 9.17) is 14.2 Å². The number of allylic oxidation sites excluding steroid dienone is 4. The lowest BCUT2D eigenvalue weighted by Gasteiger charge is -2.23. The average Bonchev–Trinajstić information content (AvgIpc) is 3.05. The Bertz CT molecular complexity index is 914. The lowest BCUT2D eigenvalue weighted by Crippen LogP contribution is -2.41. The standard InChI is InChI=1S/C20H18BrF2NO4/c1-26-11-27-7-6-24-16-5-3-2-4-13(21)18(16)20(19(24)25)10-28-17-9-15(23)14(22)8-12(17)20/h2-5,8-9,16H,6-7,10-11H2,1H3. The second-order valence-electron chi connectivity index (χ2n) is 6.72. The van der Waals surface area contributed by atoms with E-state index in [2.05, 4.69) is 15.9 Å². The highest BCUT2D eigenvalue weighted by Gasteiger charge is 2.61. The van der Waals surface area contributed by atoms with Crippen molar-refractivity contribution in [2.75, 3.05) is 33.7 Å². The fraction of sp³-hybridized carbons (Fsp3) is 0.350. The molecule has 3 aliphatic rings. The summed E-state index contributed by atoms with van der Waals surface area (Å²) in [7, 11) is 1.52. The molecule has 2 aliphatic heterocycles. The van der Waals surface area contributed by atoms with Crippen LogP contribution in [0.25, 0.3) is 0 Å². The maximum Gasteiger partial charge on any atom is 0.242 e. The topological polar surface area (TPSA) is 48.0 Å². The van der Waals surface area contributed by atoms with Crippen molar-refractivity contribution < 1.29 is 27.8 Å². The van der Waals surface area contributed by atoms with Crippen LogP contribution in [0.5, 0.6) is 5.75 Å². The van der Waals surface area contributed by atoms with E-state index in [9.17, 15) is 13.6 Å². The Kier molecular flexibility index (Phi) is 5.11. The zero-order valence-corrected chi connectivity index (χ0v) is 16.7. The Labute approximate surface area is 169 Å². The van der Waals surface area contributed by atoms with Crippen LogP contribution < -0.4 is 4.74 Å². The molecule has 8 heteroatoms.